The van der Waals surface area contributed by atoms with Crippen LogP contribution in [0.2, 0.25) is 0 Å². The van der Waals surface area contributed by atoms with Crippen LogP contribution in [0.5, 0.6) is 0 Å². The van der Waals surface area contributed by atoms with Crippen LogP contribution < -0.4 is 5.43 Å². The molecule has 5 heteroatoms. The summed E-state index contributed by atoms with van der Waals surface area (Å²) in [6.07, 6.45) is 4.98. The summed E-state index contributed by atoms with van der Waals surface area (Å²) < 4.78 is 7.19. The molecule has 5 nitrogen and oxygen atoms in total. The normalized spacial score (nSPS) is 11.2. The molecule has 0 saturated heterocycles. The average molecular weight is 307 g/mol. The Morgan fingerprint density at radius 1 is 1.35 bits per heavy atom. The third-order valence-electron chi connectivity index (χ3n) is 3.70. The van der Waals surface area contributed by atoms with Crippen molar-refractivity contribution in [3.05, 3.63) is 72.3 Å². The molecule has 0 fully saturated rings. The van der Waals surface area contributed by atoms with E-state index in [1.54, 1.807) is 18.3 Å². The van der Waals surface area contributed by atoms with Crippen LogP contribution in [0.25, 0.3) is 10.9 Å². The molecule has 0 aliphatic carbocycles. The number of nitrogens with zero attached hydrogens (tertiary/aromatic N) is 2. The lowest BCUT2D eigenvalue weighted by Gasteiger charge is -2.03. The number of carbonyl (C=O) groups is 1. The van der Waals surface area contributed by atoms with Crippen LogP contribution in [0.3, 0.4) is 0 Å². The molecule has 0 radical (unpaired) electrons. The molecular formula is C18H17N3O2. The molecule has 0 saturated carbocycles. The number of carbonyl (C=O) groups excluding carboxylic acids is 1. The Kier molecular flexibility index (Phi) is 4.10. The number of allylic oxidation sites excluding steroid dienone is 1. The summed E-state index contributed by atoms with van der Waals surface area (Å²) in [7, 11) is 0. The summed E-state index contributed by atoms with van der Waals surface area (Å²) in [6.45, 7) is 6.55. The Hall–Kier alpha value is -3.08. The van der Waals surface area contributed by atoms with Crippen LogP contribution in [0.4, 0.5) is 0 Å². The number of amides is 1. The van der Waals surface area contributed by atoms with E-state index in [4.69, 9.17) is 4.42 Å². The highest BCUT2D eigenvalue weighted by Crippen LogP contribution is 2.24. The van der Waals surface area contributed by atoms with Crippen LogP contribution >= 0.6 is 0 Å². The van der Waals surface area contributed by atoms with E-state index >= 15 is 0 Å². The molecule has 1 aromatic carbocycles. The predicted octanol–water partition coefficient (Wildman–Crippen LogP) is 3.49. The van der Waals surface area contributed by atoms with Gasteiger partial charge in [-0.25, -0.2) is 5.43 Å². The number of hydrazone groups is 1. The maximum absolute atomic E-state index is 11.8. The minimum absolute atomic E-state index is 0.230. The minimum atomic E-state index is -0.376. The molecule has 0 spiro atoms. The highest BCUT2D eigenvalue weighted by atomic mass is 16.3. The summed E-state index contributed by atoms with van der Waals surface area (Å²) in [6, 6.07) is 11.3. The van der Waals surface area contributed by atoms with Gasteiger partial charge in [0, 0.05) is 28.7 Å². The number of aromatic nitrogens is 1. The number of hydrogen-bond donors (Lipinski definition) is 1. The second-order valence-corrected chi connectivity index (χ2v) is 5.09. The van der Waals surface area contributed by atoms with Crippen molar-refractivity contribution in [1.29, 1.82) is 0 Å². The quantitative estimate of drug-likeness (QED) is 0.445. The Labute approximate surface area is 133 Å². The lowest BCUT2D eigenvalue weighted by atomic mass is 10.1. The number of benzene rings is 1. The molecule has 1 amide bonds. The molecule has 1 N–H and O–H groups in total. The number of nitrogens with one attached hydrogen (secondary N) is 1. The number of hydrogen-bond acceptors (Lipinski definition) is 3. The van der Waals surface area contributed by atoms with Gasteiger partial charge in [-0.1, -0.05) is 24.3 Å². The molecule has 2 aromatic heterocycles. The molecule has 3 rings (SSSR count). The monoisotopic (exact) mass is 307 g/mol. The minimum Gasteiger partial charge on any atom is -0.459 e. The third kappa shape index (κ3) is 2.81. The predicted molar refractivity (Wildman–Crippen MR) is 90.6 cm³/mol. The van der Waals surface area contributed by atoms with Crippen molar-refractivity contribution in [3.63, 3.8) is 0 Å². The first-order valence-corrected chi connectivity index (χ1v) is 7.28. The van der Waals surface area contributed by atoms with E-state index in [0.717, 1.165) is 28.7 Å². The summed E-state index contributed by atoms with van der Waals surface area (Å²) in [4.78, 5) is 11.8. The van der Waals surface area contributed by atoms with Crippen molar-refractivity contribution in [2.75, 3.05) is 0 Å². The van der Waals surface area contributed by atoms with Crippen LogP contribution in [-0.2, 0) is 6.54 Å². The molecule has 3 aromatic rings. The molecule has 0 aliphatic rings. The van der Waals surface area contributed by atoms with Gasteiger partial charge >= 0.3 is 5.91 Å². The first-order chi connectivity index (χ1) is 11.2. The van der Waals surface area contributed by atoms with E-state index in [0.29, 0.717) is 0 Å². The molecular weight excluding hydrogens is 290 g/mol. The van der Waals surface area contributed by atoms with Crippen molar-refractivity contribution < 1.29 is 9.21 Å². The van der Waals surface area contributed by atoms with Crippen LogP contribution in [0.15, 0.2) is 64.8 Å². The van der Waals surface area contributed by atoms with Crippen LogP contribution in [0.1, 0.15) is 21.8 Å². The number of fused-ring (bicyclic) bond motifs is 1. The Balaban J connectivity index is 1.90. The Morgan fingerprint density at radius 2 is 2.17 bits per heavy atom. The Bertz CT molecular complexity index is 873. The smallest absolute Gasteiger partial charge is 0.307 e. The zero-order valence-corrected chi connectivity index (χ0v) is 12.8. The van der Waals surface area contributed by atoms with E-state index in [-0.39, 0.29) is 11.7 Å². The van der Waals surface area contributed by atoms with Gasteiger partial charge in [0.05, 0.1) is 12.5 Å². The number of furan rings is 1. The first kappa shape index (κ1) is 14.8. The lowest BCUT2D eigenvalue weighted by Crippen LogP contribution is -2.16. The van der Waals surface area contributed by atoms with Gasteiger partial charge in [-0.15, -0.1) is 6.58 Å². The summed E-state index contributed by atoms with van der Waals surface area (Å²) in [5.74, 6) is -0.147. The fourth-order valence-corrected chi connectivity index (χ4v) is 2.60. The maximum atomic E-state index is 11.8. The van der Waals surface area contributed by atoms with Gasteiger partial charge in [0.25, 0.3) is 0 Å². The second kappa shape index (κ2) is 6.36. The summed E-state index contributed by atoms with van der Waals surface area (Å²) in [5, 5.41) is 5.14. The van der Waals surface area contributed by atoms with Crippen LogP contribution in [0, 0.1) is 6.92 Å². The van der Waals surface area contributed by atoms with Crippen molar-refractivity contribution >= 4 is 23.0 Å². The van der Waals surface area contributed by atoms with Crippen molar-refractivity contribution in [2.24, 2.45) is 5.10 Å². The van der Waals surface area contributed by atoms with Gasteiger partial charge < -0.3 is 8.98 Å². The van der Waals surface area contributed by atoms with E-state index < -0.39 is 0 Å². The van der Waals surface area contributed by atoms with Crippen molar-refractivity contribution in [1.82, 2.24) is 9.99 Å². The SMILES string of the molecule is C=CCn1c(C)c(/C=N\NC(=O)c2ccco2)c2ccccc21. The number of rotatable bonds is 5. The highest BCUT2D eigenvalue weighted by Gasteiger charge is 2.11. The molecule has 2 heterocycles. The fourth-order valence-electron chi connectivity index (χ4n) is 2.60. The van der Waals surface area contributed by atoms with E-state index in [2.05, 4.69) is 27.7 Å². The van der Waals surface area contributed by atoms with Crippen LogP contribution in [-0.4, -0.2) is 16.7 Å². The standard InChI is InChI=1S/C18H17N3O2/c1-3-10-21-13(2)15(14-7-4-5-8-16(14)21)12-19-20-18(22)17-9-6-11-23-17/h3-9,11-12H,1,10H2,2H3,(H,20,22)/b19-12-. The molecule has 0 unspecified atom stereocenters. The maximum Gasteiger partial charge on any atom is 0.307 e. The lowest BCUT2D eigenvalue weighted by molar-refractivity contribution is 0.0927. The topological polar surface area (TPSA) is 59.5 Å². The molecule has 116 valence electrons. The summed E-state index contributed by atoms with van der Waals surface area (Å²) >= 11 is 0. The average Bonchev–Trinajstić information content (AvgIpc) is 3.18. The molecule has 0 aliphatic heterocycles. The van der Waals surface area contributed by atoms with Gasteiger partial charge in [0.15, 0.2) is 5.76 Å². The van der Waals surface area contributed by atoms with Gasteiger partial charge in [0.2, 0.25) is 0 Å². The zero-order chi connectivity index (χ0) is 16.2. The number of para-hydroxylation sites is 1. The zero-order valence-electron chi connectivity index (χ0n) is 12.8. The fraction of sp³-hybridized carbons (Fsp3) is 0.111. The second-order valence-electron chi connectivity index (χ2n) is 5.09. The van der Waals surface area contributed by atoms with Gasteiger partial charge in [-0.3, -0.25) is 4.79 Å². The van der Waals surface area contributed by atoms with E-state index in [9.17, 15) is 4.79 Å². The van der Waals surface area contributed by atoms with E-state index in [1.807, 2.05) is 31.2 Å². The van der Waals surface area contributed by atoms with Crippen molar-refractivity contribution in [2.45, 2.75) is 13.5 Å². The van der Waals surface area contributed by atoms with E-state index in [1.165, 1.54) is 6.26 Å². The Morgan fingerprint density at radius 3 is 2.91 bits per heavy atom. The summed E-state index contributed by atoms with van der Waals surface area (Å²) in [5.41, 5.74) is 5.63. The highest BCUT2D eigenvalue weighted by molar-refractivity contribution is 6.01. The van der Waals surface area contributed by atoms with Crippen molar-refractivity contribution in [3.8, 4) is 0 Å². The molecule has 0 bridgehead atoms. The third-order valence-corrected chi connectivity index (χ3v) is 3.70. The molecule has 0 atom stereocenters. The molecule has 23 heavy (non-hydrogen) atoms. The largest absolute Gasteiger partial charge is 0.459 e. The van der Waals surface area contributed by atoms with Gasteiger partial charge in [-0.2, -0.15) is 5.10 Å². The first-order valence-electron chi connectivity index (χ1n) is 7.28. The van der Waals surface area contributed by atoms with Gasteiger partial charge in [-0.05, 0) is 25.1 Å². The van der Waals surface area contributed by atoms with Gasteiger partial charge in [0.1, 0.15) is 0 Å².